The van der Waals surface area contributed by atoms with Crippen molar-refractivity contribution in [3.05, 3.63) is 0 Å². The monoisotopic (exact) mass is 254 g/mol. The molecular weight excluding hydrogens is 236 g/mol. The number of hydrogen-bond donors (Lipinski definition) is 2. The third-order valence-electron chi connectivity index (χ3n) is 3.23. The van der Waals surface area contributed by atoms with Gasteiger partial charge >= 0.3 is 6.03 Å². The highest BCUT2D eigenvalue weighted by Crippen LogP contribution is 2.33. The van der Waals surface area contributed by atoms with Gasteiger partial charge in [0, 0.05) is 11.8 Å². The van der Waals surface area contributed by atoms with Crippen molar-refractivity contribution in [2.45, 2.75) is 40.5 Å². The molecule has 0 bridgehead atoms. The van der Waals surface area contributed by atoms with Gasteiger partial charge < -0.3 is 0 Å². The lowest BCUT2D eigenvalue weighted by Crippen LogP contribution is -2.63. The third-order valence-corrected chi connectivity index (χ3v) is 3.23. The molecule has 0 aromatic carbocycles. The molecule has 0 spiro atoms. The number of ketones is 1. The minimum atomic E-state index is -1.47. The maximum atomic E-state index is 12.0. The van der Waals surface area contributed by atoms with Gasteiger partial charge in [-0.2, -0.15) is 0 Å². The number of carbonyl (C=O) groups excluding carboxylic acids is 4. The standard InChI is InChI=1S/C12H18N2O4/c1-5-12(6-7(15)11(2,3)4)8(16)13-10(18)14-9(12)17/h5-6H2,1-4H3,(H2,13,14,16,17,18). The zero-order chi connectivity index (χ0) is 14.1. The molecule has 6 nitrogen and oxygen atoms in total. The van der Waals surface area contributed by atoms with Gasteiger partial charge in [-0.15, -0.1) is 0 Å². The number of Topliss-reactive ketones (excluding diaryl/α,β-unsaturated/α-hetero) is 1. The fourth-order valence-corrected chi connectivity index (χ4v) is 1.73. The summed E-state index contributed by atoms with van der Waals surface area (Å²) in [5.41, 5.74) is -2.11. The van der Waals surface area contributed by atoms with E-state index in [9.17, 15) is 19.2 Å². The number of hydrogen-bond acceptors (Lipinski definition) is 4. The quantitative estimate of drug-likeness (QED) is 0.727. The van der Waals surface area contributed by atoms with E-state index in [1.807, 2.05) is 10.6 Å². The number of amides is 4. The van der Waals surface area contributed by atoms with Gasteiger partial charge in [0.2, 0.25) is 11.8 Å². The normalized spacial score (nSPS) is 19.2. The molecule has 18 heavy (non-hydrogen) atoms. The van der Waals surface area contributed by atoms with Gasteiger partial charge in [0.05, 0.1) is 0 Å². The third kappa shape index (κ3) is 2.42. The summed E-state index contributed by atoms with van der Waals surface area (Å²) >= 11 is 0. The lowest BCUT2D eigenvalue weighted by molar-refractivity contribution is -0.149. The molecular formula is C12H18N2O4. The summed E-state index contributed by atoms with van der Waals surface area (Å²) < 4.78 is 0. The second-order valence-corrected chi connectivity index (χ2v) is 5.52. The Labute approximate surface area is 105 Å². The van der Waals surface area contributed by atoms with Crippen LogP contribution in [0.1, 0.15) is 40.5 Å². The first kappa shape index (κ1) is 14.3. The summed E-state index contributed by atoms with van der Waals surface area (Å²) in [5.74, 6) is -1.59. The van der Waals surface area contributed by atoms with Crippen molar-refractivity contribution in [2.24, 2.45) is 10.8 Å². The molecule has 1 aliphatic rings. The van der Waals surface area contributed by atoms with Crippen LogP contribution in [-0.4, -0.2) is 23.6 Å². The number of carbonyl (C=O) groups is 4. The first-order chi connectivity index (χ1) is 8.13. The Morgan fingerprint density at radius 1 is 1.11 bits per heavy atom. The largest absolute Gasteiger partial charge is 0.328 e. The zero-order valence-corrected chi connectivity index (χ0v) is 11.0. The van der Waals surface area contributed by atoms with E-state index >= 15 is 0 Å². The van der Waals surface area contributed by atoms with Gasteiger partial charge in [0.1, 0.15) is 11.2 Å². The molecule has 1 fully saturated rings. The highest BCUT2D eigenvalue weighted by Gasteiger charge is 2.51. The first-order valence-corrected chi connectivity index (χ1v) is 5.83. The molecule has 1 aliphatic heterocycles. The zero-order valence-electron chi connectivity index (χ0n) is 11.0. The molecule has 0 radical (unpaired) electrons. The minimum absolute atomic E-state index is 0.166. The molecule has 0 aromatic rings. The van der Waals surface area contributed by atoms with Gasteiger partial charge in [-0.05, 0) is 6.42 Å². The van der Waals surface area contributed by atoms with Crippen molar-refractivity contribution in [2.75, 3.05) is 0 Å². The number of nitrogens with one attached hydrogen (secondary N) is 2. The molecule has 6 heteroatoms. The number of urea groups is 1. The van der Waals surface area contributed by atoms with Crippen molar-refractivity contribution in [3.63, 3.8) is 0 Å². The average Bonchev–Trinajstić information content (AvgIpc) is 2.21. The van der Waals surface area contributed by atoms with Crippen molar-refractivity contribution < 1.29 is 19.2 Å². The van der Waals surface area contributed by atoms with Crippen LogP contribution in [-0.2, 0) is 14.4 Å². The van der Waals surface area contributed by atoms with E-state index in [4.69, 9.17) is 0 Å². The Morgan fingerprint density at radius 2 is 1.56 bits per heavy atom. The minimum Gasteiger partial charge on any atom is -0.299 e. The molecule has 0 aliphatic carbocycles. The predicted molar refractivity (Wildman–Crippen MR) is 63.5 cm³/mol. The van der Waals surface area contributed by atoms with Crippen LogP contribution in [0.15, 0.2) is 0 Å². The molecule has 0 atom stereocenters. The van der Waals surface area contributed by atoms with Crippen molar-refractivity contribution >= 4 is 23.6 Å². The Kier molecular flexibility index (Phi) is 3.59. The molecule has 1 saturated heterocycles. The Hall–Kier alpha value is -1.72. The van der Waals surface area contributed by atoms with Crippen LogP contribution in [0.4, 0.5) is 4.79 Å². The van der Waals surface area contributed by atoms with Gasteiger partial charge in [-0.3, -0.25) is 25.0 Å². The molecule has 2 N–H and O–H groups in total. The first-order valence-electron chi connectivity index (χ1n) is 5.83. The number of rotatable bonds is 3. The highest BCUT2D eigenvalue weighted by atomic mass is 16.2. The topological polar surface area (TPSA) is 92.3 Å². The van der Waals surface area contributed by atoms with Crippen LogP contribution in [0.2, 0.25) is 0 Å². The van der Waals surface area contributed by atoms with E-state index in [-0.39, 0.29) is 18.6 Å². The van der Waals surface area contributed by atoms with Crippen LogP contribution < -0.4 is 10.6 Å². The fourth-order valence-electron chi connectivity index (χ4n) is 1.73. The van der Waals surface area contributed by atoms with Crippen LogP contribution in [0, 0.1) is 10.8 Å². The van der Waals surface area contributed by atoms with E-state index in [0.717, 1.165) is 0 Å². The summed E-state index contributed by atoms with van der Waals surface area (Å²) in [6.07, 6.45) is -0.0300. The second kappa shape index (κ2) is 4.51. The van der Waals surface area contributed by atoms with Gasteiger partial charge in [0.25, 0.3) is 0 Å². The van der Waals surface area contributed by atoms with Gasteiger partial charge in [-0.25, -0.2) is 4.79 Å². The van der Waals surface area contributed by atoms with Crippen molar-refractivity contribution in [1.29, 1.82) is 0 Å². The summed E-state index contributed by atoms with van der Waals surface area (Å²) in [5, 5.41) is 4.09. The summed E-state index contributed by atoms with van der Waals surface area (Å²) in [7, 11) is 0. The van der Waals surface area contributed by atoms with Gasteiger partial charge in [0.15, 0.2) is 0 Å². The van der Waals surface area contributed by atoms with E-state index in [1.54, 1.807) is 27.7 Å². The lowest BCUT2D eigenvalue weighted by atomic mass is 9.73. The summed E-state index contributed by atoms with van der Waals surface area (Å²) in [6.45, 7) is 6.82. The number of imide groups is 2. The maximum absolute atomic E-state index is 12.0. The molecule has 0 aromatic heterocycles. The van der Waals surface area contributed by atoms with Crippen LogP contribution in [0.3, 0.4) is 0 Å². The van der Waals surface area contributed by atoms with Crippen LogP contribution >= 0.6 is 0 Å². The summed E-state index contributed by atoms with van der Waals surface area (Å²) in [4.78, 5) is 46.8. The molecule has 0 unspecified atom stereocenters. The Bertz CT molecular complexity index is 400. The van der Waals surface area contributed by atoms with Crippen LogP contribution in [0.25, 0.3) is 0 Å². The molecule has 0 saturated carbocycles. The van der Waals surface area contributed by atoms with E-state index in [1.165, 1.54) is 0 Å². The van der Waals surface area contributed by atoms with Gasteiger partial charge in [-0.1, -0.05) is 27.7 Å². The molecule has 1 rings (SSSR count). The Morgan fingerprint density at radius 3 is 1.89 bits per heavy atom. The summed E-state index contributed by atoms with van der Waals surface area (Å²) in [6, 6.07) is -0.836. The van der Waals surface area contributed by atoms with E-state index in [2.05, 4.69) is 0 Å². The molecule has 100 valence electrons. The lowest BCUT2D eigenvalue weighted by Gasteiger charge is -2.34. The average molecular weight is 254 g/mol. The second-order valence-electron chi connectivity index (χ2n) is 5.52. The van der Waals surface area contributed by atoms with Crippen molar-refractivity contribution in [3.8, 4) is 0 Å². The fraction of sp³-hybridized carbons (Fsp3) is 0.667. The molecule has 4 amide bonds. The smallest absolute Gasteiger partial charge is 0.299 e. The van der Waals surface area contributed by atoms with E-state index in [0.29, 0.717) is 0 Å². The SMILES string of the molecule is CCC1(CC(=O)C(C)(C)C)C(=O)NC(=O)NC1=O. The Balaban J connectivity index is 3.05. The predicted octanol–water partition coefficient (Wildman–Crippen LogP) is 0.754. The van der Waals surface area contributed by atoms with Crippen LogP contribution in [0.5, 0.6) is 0 Å². The van der Waals surface area contributed by atoms with Crippen molar-refractivity contribution in [1.82, 2.24) is 10.6 Å². The maximum Gasteiger partial charge on any atom is 0.328 e. The number of barbiturate groups is 1. The highest BCUT2D eigenvalue weighted by molar-refractivity contribution is 6.20. The van der Waals surface area contributed by atoms with E-state index < -0.39 is 28.7 Å². The molecule has 1 heterocycles.